The summed E-state index contributed by atoms with van der Waals surface area (Å²) in [5.41, 5.74) is 1.57. The second kappa shape index (κ2) is 7.78. The lowest BCUT2D eigenvalue weighted by atomic mass is 10.0. The summed E-state index contributed by atoms with van der Waals surface area (Å²) >= 11 is 0. The van der Waals surface area contributed by atoms with E-state index in [4.69, 9.17) is 0 Å². The highest BCUT2D eigenvalue weighted by molar-refractivity contribution is 7.89. The number of piperazine rings is 1. The molecule has 2 aromatic carbocycles. The van der Waals surface area contributed by atoms with Crippen LogP contribution in [0, 0.1) is 0 Å². The molecule has 0 aromatic heterocycles. The molecule has 1 unspecified atom stereocenters. The average molecular weight is 399 g/mol. The minimum absolute atomic E-state index is 0.109. The normalized spacial score (nSPS) is 21.5. The van der Waals surface area contributed by atoms with E-state index in [0.29, 0.717) is 24.6 Å². The first-order valence-electron chi connectivity index (χ1n) is 9.86. The van der Waals surface area contributed by atoms with Gasteiger partial charge in [-0.25, -0.2) is 8.42 Å². The third-order valence-electron chi connectivity index (χ3n) is 5.68. The Labute approximate surface area is 167 Å². The highest BCUT2D eigenvalue weighted by atomic mass is 32.2. The van der Waals surface area contributed by atoms with Crippen molar-refractivity contribution in [3.8, 4) is 0 Å². The average Bonchev–Trinajstić information content (AvgIpc) is 3.54. The van der Waals surface area contributed by atoms with Crippen molar-refractivity contribution in [2.45, 2.75) is 43.2 Å². The van der Waals surface area contributed by atoms with Gasteiger partial charge in [-0.2, -0.15) is 4.31 Å². The summed E-state index contributed by atoms with van der Waals surface area (Å²) in [6.07, 6.45) is 3.12. The van der Waals surface area contributed by atoms with Gasteiger partial charge >= 0.3 is 0 Å². The minimum Gasteiger partial charge on any atom is -0.297 e. The summed E-state index contributed by atoms with van der Waals surface area (Å²) < 4.78 is 28.6. The van der Waals surface area contributed by atoms with Gasteiger partial charge in [0.1, 0.15) is 0 Å². The van der Waals surface area contributed by atoms with E-state index in [2.05, 4.69) is 17.0 Å². The van der Waals surface area contributed by atoms with E-state index in [1.54, 1.807) is 22.5 Å². The van der Waals surface area contributed by atoms with E-state index >= 15 is 0 Å². The van der Waals surface area contributed by atoms with Crippen molar-refractivity contribution in [3.05, 3.63) is 65.7 Å². The summed E-state index contributed by atoms with van der Waals surface area (Å²) in [6.45, 7) is 3.46. The molecular formula is C22H26N2O3S. The Hall–Kier alpha value is -2.02. The summed E-state index contributed by atoms with van der Waals surface area (Å²) in [5.74, 6) is -0.128. The van der Waals surface area contributed by atoms with Crippen LogP contribution in [0.2, 0.25) is 0 Å². The molecule has 1 saturated carbocycles. The van der Waals surface area contributed by atoms with Gasteiger partial charge < -0.3 is 0 Å². The molecular weight excluding hydrogens is 372 g/mol. The predicted molar refractivity (Wildman–Crippen MR) is 109 cm³/mol. The standard InChI is InChI=1S/C22H26N2O3S/c1-17(25)19-8-5-9-22(15-19)28(26,27)24-13-12-23(20-10-11-20)16-21(24)14-18-6-3-2-4-7-18/h2-9,15,20-21H,10-14,16H2,1H3. The number of carbonyl (C=O) groups is 1. The molecule has 0 radical (unpaired) electrons. The molecule has 0 bridgehead atoms. The largest absolute Gasteiger partial charge is 0.297 e. The fourth-order valence-corrected chi connectivity index (χ4v) is 5.67. The quantitative estimate of drug-likeness (QED) is 0.702. The Kier molecular flexibility index (Phi) is 5.36. The Morgan fingerprint density at radius 2 is 1.79 bits per heavy atom. The molecule has 1 aliphatic heterocycles. The SMILES string of the molecule is CC(=O)c1cccc(S(=O)(=O)N2CCN(C3CC3)CC2Cc2ccccc2)c1. The molecule has 2 fully saturated rings. The lowest BCUT2D eigenvalue weighted by molar-refractivity contribution is 0.101. The molecule has 1 heterocycles. The van der Waals surface area contributed by atoms with Crippen molar-refractivity contribution in [3.63, 3.8) is 0 Å². The lowest BCUT2D eigenvalue weighted by Gasteiger charge is -2.41. The van der Waals surface area contributed by atoms with Crippen LogP contribution in [-0.4, -0.2) is 55.1 Å². The van der Waals surface area contributed by atoms with E-state index in [1.807, 2.05) is 18.2 Å². The molecule has 0 N–H and O–H groups in total. The fraction of sp³-hybridized carbons (Fsp3) is 0.409. The summed E-state index contributed by atoms with van der Waals surface area (Å²) in [7, 11) is -3.66. The number of Topliss-reactive ketones (excluding diaryl/α,β-unsaturated/α-hetero) is 1. The van der Waals surface area contributed by atoms with Gasteiger partial charge in [-0.3, -0.25) is 9.69 Å². The molecule has 148 valence electrons. The molecule has 0 spiro atoms. The minimum atomic E-state index is -3.66. The molecule has 1 saturated heterocycles. The Morgan fingerprint density at radius 1 is 1.04 bits per heavy atom. The lowest BCUT2D eigenvalue weighted by Crippen LogP contribution is -2.56. The van der Waals surface area contributed by atoms with Crippen molar-refractivity contribution in [1.82, 2.24) is 9.21 Å². The van der Waals surface area contributed by atoms with Gasteiger partial charge in [0, 0.05) is 37.3 Å². The third-order valence-corrected chi connectivity index (χ3v) is 7.63. The topological polar surface area (TPSA) is 57.7 Å². The molecule has 6 heteroatoms. The van der Waals surface area contributed by atoms with Crippen LogP contribution < -0.4 is 0 Å². The number of sulfonamides is 1. The zero-order valence-electron chi connectivity index (χ0n) is 16.1. The molecule has 1 aliphatic carbocycles. The van der Waals surface area contributed by atoms with Crippen LogP contribution in [0.25, 0.3) is 0 Å². The van der Waals surface area contributed by atoms with E-state index in [-0.39, 0.29) is 16.7 Å². The Balaban J connectivity index is 1.64. The molecule has 2 aromatic rings. The van der Waals surface area contributed by atoms with Crippen LogP contribution in [0.3, 0.4) is 0 Å². The molecule has 0 amide bonds. The van der Waals surface area contributed by atoms with Crippen LogP contribution in [0.5, 0.6) is 0 Å². The first kappa shape index (κ1) is 19.3. The number of benzene rings is 2. The van der Waals surface area contributed by atoms with E-state index in [9.17, 15) is 13.2 Å². The first-order chi connectivity index (χ1) is 13.4. The second-order valence-corrected chi connectivity index (χ2v) is 9.66. The number of carbonyl (C=O) groups excluding carboxylic acids is 1. The number of hydrogen-bond acceptors (Lipinski definition) is 4. The number of nitrogens with zero attached hydrogens (tertiary/aromatic N) is 2. The van der Waals surface area contributed by atoms with Gasteiger partial charge in [0.15, 0.2) is 5.78 Å². The molecule has 4 rings (SSSR count). The maximum atomic E-state index is 13.5. The molecule has 2 aliphatic rings. The van der Waals surface area contributed by atoms with Crippen molar-refractivity contribution >= 4 is 15.8 Å². The maximum absolute atomic E-state index is 13.5. The first-order valence-corrected chi connectivity index (χ1v) is 11.3. The van der Waals surface area contributed by atoms with Crippen molar-refractivity contribution in [1.29, 1.82) is 0 Å². The second-order valence-electron chi connectivity index (χ2n) is 7.77. The van der Waals surface area contributed by atoms with Crippen LogP contribution in [-0.2, 0) is 16.4 Å². The van der Waals surface area contributed by atoms with Crippen LogP contribution in [0.15, 0.2) is 59.5 Å². The zero-order chi connectivity index (χ0) is 19.7. The number of rotatable bonds is 6. The smallest absolute Gasteiger partial charge is 0.243 e. The van der Waals surface area contributed by atoms with Crippen LogP contribution >= 0.6 is 0 Å². The van der Waals surface area contributed by atoms with Crippen LogP contribution in [0.4, 0.5) is 0 Å². The molecule has 1 atom stereocenters. The highest BCUT2D eigenvalue weighted by Crippen LogP contribution is 2.31. The molecule has 28 heavy (non-hydrogen) atoms. The van der Waals surface area contributed by atoms with Crippen molar-refractivity contribution < 1.29 is 13.2 Å². The van der Waals surface area contributed by atoms with Gasteiger partial charge in [0.2, 0.25) is 10.0 Å². The van der Waals surface area contributed by atoms with E-state index < -0.39 is 10.0 Å². The summed E-state index contributed by atoms with van der Waals surface area (Å²) in [4.78, 5) is 14.4. The Bertz CT molecular complexity index is 955. The van der Waals surface area contributed by atoms with Crippen molar-refractivity contribution in [2.75, 3.05) is 19.6 Å². The van der Waals surface area contributed by atoms with Gasteiger partial charge in [-0.1, -0.05) is 42.5 Å². The number of ketones is 1. The monoisotopic (exact) mass is 398 g/mol. The fourth-order valence-electron chi connectivity index (χ4n) is 4.01. The van der Waals surface area contributed by atoms with Gasteiger partial charge in [0.25, 0.3) is 0 Å². The third kappa shape index (κ3) is 4.04. The molecule has 5 nitrogen and oxygen atoms in total. The predicted octanol–water partition coefficient (Wildman–Crippen LogP) is 2.97. The van der Waals surface area contributed by atoms with Gasteiger partial charge in [-0.05, 0) is 43.9 Å². The zero-order valence-corrected chi connectivity index (χ0v) is 16.9. The van der Waals surface area contributed by atoms with Gasteiger partial charge in [-0.15, -0.1) is 0 Å². The number of hydrogen-bond donors (Lipinski definition) is 0. The van der Waals surface area contributed by atoms with E-state index in [1.165, 1.54) is 25.8 Å². The van der Waals surface area contributed by atoms with Crippen LogP contribution in [0.1, 0.15) is 35.7 Å². The Morgan fingerprint density at radius 3 is 2.46 bits per heavy atom. The maximum Gasteiger partial charge on any atom is 0.243 e. The summed E-state index contributed by atoms with van der Waals surface area (Å²) in [5, 5.41) is 0. The summed E-state index contributed by atoms with van der Waals surface area (Å²) in [6, 6.07) is 17.0. The van der Waals surface area contributed by atoms with Gasteiger partial charge in [0.05, 0.1) is 4.90 Å². The van der Waals surface area contributed by atoms with Crippen molar-refractivity contribution in [2.24, 2.45) is 0 Å². The highest BCUT2D eigenvalue weighted by Gasteiger charge is 2.40. The van der Waals surface area contributed by atoms with E-state index in [0.717, 1.165) is 18.7 Å².